The lowest BCUT2D eigenvalue weighted by atomic mass is 9.96. The molecule has 1 aromatic rings. The molecule has 0 aliphatic heterocycles. The van der Waals surface area contributed by atoms with Gasteiger partial charge in [-0.15, -0.1) is 0 Å². The molecule has 94 valence electrons. The van der Waals surface area contributed by atoms with Crippen LogP contribution in [0.1, 0.15) is 29.6 Å². The molecule has 0 saturated carbocycles. The molecule has 1 unspecified atom stereocenters. The van der Waals surface area contributed by atoms with Crippen LogP contribution in [0.4, 0.5) is 5.69 Å². The van der Waals surface area contributed by atoms with Gasteiger partial charge in [0.15, 0.2) is 0 Å². The van der Waals surface area contributed by atoms with Crippen LogP contribution < -0.4 is 5.43 Å². The number of carboxylic acids is 1. The first-order valence-electron chi connectivity index (χ1n) is 6.03. The van der Waals surface area contributed by atoms with Gasteiger partial charge in [-0.05, 0) is 49.4 Å². The highest BCUT2D eigenvalue weighted by Crippen LogP contribution is 2.16. The summed E-state index contributed by atoms with van der Waals surface area (Å²) in [6.07, 6.45) is 9.60. The van der Waals surface area contributed by atoms with Crippen molar-refractivity contribution in [2.24, 2.45) is 11.0 Å². The van der Waals surface area contributed by atoms with Crippen molar-refractivity contribution in [1.82, 2.24) is 0 Å². The summed E-state index contributed by atoms with van der Waals surface area (Å²) in [4.78, 5) is 10.7. The molecule has 18 heavy (non-hydrogen) atoms. The van der Waals surface area contributed by atoms with E-state index < -0.39 is 5.97 Å². The minimum atomic E-state index is -0.918. The van der Waals surface area contributed by atoms with Gasteiger partial charge in [-0.25, -0.2) is 4.79 Å². The molecule has 0 radical (unpaired) electrons. The minimum absolute atomic E-state index is 0.280. The van der Waals surface area contributed by atoms with E-state index in [1.165, 1.54) is 0 Å². The number of allylic oxidation sites excluding steroid dienone is 2. The first kappa shape index (κ1) is 12.4. The Morgan fingerprint density at radius 1 is 1.33 bits per heavy atom. The molecule has 0 aromatic heterocycles. The van der Waals surface area contributed by atoms with E-state index in [9.17, 15) is 4.79 Å². The van der Waals surface area contributed by atoms with Crippen LogP contribution >= 0.6 is 0 Å². The molecule has 0 bridgehead atoms. The maximum absolute atomic E-state index is 10.7. The smallest absolute Gasteiger partial charge is 0.335 e. The number of carboxylic acid groups (broad SMARTS) is 1. The molecular formula is C14H16N2O2. The highest BCUT2D eigenvalue weighted by atomic mass is 16.4. The van der Waals surface area contributed by atoms with Gasteiger partial charge in [-0.3, -0.25) is 5.43 Å². The molecular weight excluding hydrogens is 228 g/mol. The van der Waals surface area contributed by atoms with Crippen molar-refractivity contribution >= 4 is 17.9 Å². The standard InChI is InChI=1S/C14H16N2O2/c17-14(18)12-6-8-13(9-7-12)16-15-10-11-4-2-1-3-5-11/h1-2,6-11,16H,3-5H2,(H,17,18)/b15-10+. The number of anilines is 1. The number of hydrazone groups is 1. The Morgan fingerprint density at radius 2 is 2.11 bits per heavy atom. The van der Waals surface area contributed by atoms with Gasteiger partial charge < -0.3 is 5.11 Å². The molecule has 4 heteroatoms. The Morgan fingerprint density at radius 3 is 2.72 bits per heavy atom. The number of carbonyl (C=O) groups is 1. The van der Waals surface area contributed by atoms with E-state index in [-0.39, 0.29) is 5.56 Å². The lowest BCUT2D eigenvalue weighted by Crippen LogP contribution is -2.05. The number of hydrogen-bond donors (Lipinski definition) is 2. The quantitative estimate of drug-likeness (QED) is 0.486. The number of rotatable bonds is 4. The molecule has 1 aliphatic rings. The van der Waals surface area contributed by atoms with E-state index >= 15 is 0 Å². The van der Waals surface area contributed by atoms with Crippen LogP contribution in [0.3, 0.4) is 0 Å². The fourth-order valence-electron chi connectivity index (χ4n) is 1.86. The number of hydrogen-bond acceptors (Lipinski definition) is 3. The second-order valence-corrected chi connectivity index (χ2v) is 4.32. The Labute approximate surface area is 106 Å². The lowest BCUT2D eigenvalue weighted by molar-refractivity contribution is 0.0697. The molecule has 4 nitrogen and oxygen atoms in total. The summed E-state index contributed by atoms with van der Waals surface area (Å²) in [5, 5.41) is 12.9. The molecule has 0 heterocycles. The molecule has 0 spiro atoms. The summed E-state index contributed by atoms with van der Waals surface area (Å²) in [7, 11) is 0. The van der Waals surface area contributed by atoms with Crippen molar-refractivity contribution in [3.05, 3.63) is 42.0 Å². The number of aromatic carboxylic acids is 1. The van der Waals surface area contributed by atoms with Gasteiger partial charge in [0.1, 0.15) is 0 Å². The summed E-state index contributed by atoms with van der Waals surface area (Å²) in [5.74, 6) is -0.417. The fourth-order valence-corrected chi connectivity index (χ4v) is 1.86. The van der Waals surface area contributed by atoms with Gasteiger partial charge in [-0.2, -0.15) is 5.10 Å². The monoisotopic (exact) mass is 244 g/mol. The summed E-state index contributed by atoms with van der Waals surface area (Å²) in [6, 6.07) is 6.54. The number of nitrogens with one attached hydrogen (secondary N) is 1. The van der Waals surface area contributed by atoms with Gasteiger partial charge in [0.25, 0.3) is 0 Å². The van der Waals surface area contributed by atoms with Gasteiger partial charge in [0.05, 0.1) is 11.3 Å². The predicted molar refractivity (Wildman–Crippen MR) is 72.0 cm³/mol. The average Bonchev–Trinajstić information content (AvgIpc) is 2.40. The van der Waals surface area contributed by atoms with Crippen molar-refractivity contribution in [2.75, 3.05) is 5.43 Å². The Balaban J connectivity index is 1.87. The summed E-state index contributed by atoms with van der Waals surface area (Å²) in [5.41, 5.74) is 3.98. The molecule has 0 amide bonds. The zero-order valence-electron chi connectivity index (χ0n) is 10.0. The van der Waals surface area contributed by atoms with Crippen LogP contribution in [0, 0.1) is 5.92 Å². The zero-order valence-corrected chi connectivity index (χ0v) is 10.0. The van der Waals surface area contributed by atoms with Crippen molar-refractivity contribution < 1.29 is 9.90 Å². The lowest BCUT2D eigenvalue weighted by Gasteiger charge is -2.11. The van der Waals surface area contributed by atoms with Gasteiger partial charge >= 0.3 is 5.97 Å². The molecule has 1 aliphatic carbocycles. The fraction of sp³-hybridized carbons (Fsp3) is 0.286. The Hall–Kier alpha value is -2.10. The summed E-state index contributed by atoms with van der Waals surface area (Å²) in [6.45, 7) is 0. The molecule has 2 N–H and O–H groups in total. The molecule has 1 aromatic carbocycles. The summed E-state index contributed by atoms with van der Waals surface area (Å²) < 4.78 is 0. The van der Waals surface area contributed by atoms with Crippen LogP contribution in [0.25, 0.3) is 0 Å². The van der Waals surface area contributed by atoms with E-state index in [1.807, 2.05) is 6.21 Å². The van der Waals surface area contributed by atoms with E-state index in [2.05, 4.69) is 22.7 Å². The minimum Gasteiger partial charge on any atom is -0.478 e. The number of benzene rings is 1. The predicted octanol–water partition coefficient (Wildman–Crippen LogP) is 3.14. The second-order valence-electron chi connectivity index (χ2n) is 4.32. The maximum atomic E-state index is 10.7. The van der Waals surface area contributed by atoms with Crippen molar-refractivity contribution in [3.8, 4) is 0 Å². The van der Waals surface area contributed by atoms with E-state index in [4.69, 9.17) is 5.11 Å². The van der Waals surface area contributed by atoms with Crippen LogP contribution in [-0.4, -0.2) is 17.3 Å². The SMILES string of the molecule is O=C(O)c1ccc(N/N=C/C2CC=CCC2)cc1. The van der Waals surface area contributed by atoms with Crippen LogP contribution in [-0.2, 0) is 0 Å². The third kappa shape index (κ3) is 3.45. The third-order valence-corrected chi connectivity index (χ3v) is 2.92. The zero-order chi connectivity index (χ0) is 12.8. The summed E-state index contributed by atoms with van der Waals surface area (Å²) >= 11 is 0. The highest BCUT2D eigenvalue weighted by Gasteiger charge is 2.06. The first-order valence-corrected chi connectivity index (χ1v) is 6.03. The van der Waals surface area contributed by atoms with Crippen molar-refractivity contribution in [1.29, 1.82) is 0 Å². The molecule has 0 saturated heterocycles. The van der Waals surface area contributed by atoms with Gasteiger partial charge in [0, 0.05) is 6.21 Å². The van der Waals surface area contributed by atoms with Crippen molar-refractivity contribution in [3.63, 3.8) is 0 Å². The van der Waals surface area contributed by atoms with E-state index in [0.717, 1.165) is 24.9 Å². The van der Waals surface area contributed by atoms with Crippen LogP contribution in [0.15, 0.2) is 41.5 Å². The van der Waals surface area contributed by atoms with Crippen LogP contribution in [0.5, 0.6) is 0 Å². The molecule has 2 rings (SSSR count). The topological polar surface area (TPSA) is 61.7 Å². The third-order valence-electron chi connectivity index (χ3n) is 2.92. The number of nitrogens with zero attached hydrogens (tertiary/aromatic N) is 1. The molecule has 1 atom stereocenters. The van der Waals surface area contributed by atoms with Gasteiger partial charge in [-0.1, -0.05) is 12.2 Å². The maximum Gasteiger partial charge on any atom is 0.335 e. The Bertz CT molecular complexity index is 463. The molecule has 0 fully saturated rings. The Kier molecular flexibility index (Phi) is 4.12. The van der Waals surface area contributed by atoms with Crippen molar-refractivity contribution in [2.45, 2.75) is 19.3 Å². The highest BCUT2D eigenvalue weighted by molar-refractivity contribution is 5.88. The van der Waals surface area contributed by atoms with E-state index in [1.54, 1.807) is 24.3 Å². The van der Waals surface area contributed by atoms with Crippen LogP contribution in [0.2, 0.25) is 0 Å². The first-order chi connectivity index (χ1) is 8.75. The average molecular weight is 244 g/mol. The second kappa shape index (κ2) is 6.00. The van der Waals surface area contributed by atoms with E-state index in [0.29, 0.717) is 5.92 Å². The largest absolute Gasteiger partial charge is 0.478 e. The normalized spacial score (nSPS) is 19.0. The van der Waals surface area contributed by atoms with Gasteiger partial charge in [0.2, 0.25) is 0 Å².